The highest BCUT2D eigenvalue weighted by atomic mass is 16.5. The number of nitrogens with zero attached hydrogens (tertiary/aromatic N) is 2. The van der Waals surface area contributed by atoms with E-state index in [1.807, 2.05) is 53.1 Å². The highest BCUT2D eigenvalue weighted by molar-refractivity contribution is 5.76. The van der Waals surface area contributed by atoms with Crippen molar-refractivity contribution in [3.63, 3.8) is 0 Å². The van der Waals surface area contributed by atoms with Gasteiger partial charge in [0.2, 0.25) is 0 Å². The van der Waals surface area contributed by atoms with Crippen molar-refractivity contribution in [2.75, 3.05) is 13.7 Å². The van der Waals surface area contributed by atoms with Gasteiger partial charge in [-0.15, -0.1) is 0 Å². The monoisotopic (exact) mass is 312 g/mol. The number of aliphatic hydroxyl groups excluding tert-OH is 1. The van der Waals surface area contributed by atoms with Gasteiger partial charge in [0.1, 0.15) is 30.0 Å². The summed E-state index contributed by atoms with van der Waals surface area (Å²) >= 11 is 0. The fourth-order valence-electron chi connectivity index (χ4n) is 2.57. The predicted molar refractivity (Wildman–Crippen MR) is 88.9 cm³/mol. The smallest absolute Gasteiger partial charge is 0.138 e. The standard InChI is InChI=1S/C18H20N2O3/c1-13(21)18-19-16-5-3-4-6-17(16)20(18)11-12-23-15-9-7-14(22-2)8-10-15/h3-10,13,21H,11-12H2,1-2H3/t13-/m0/s1. The molecule has 0 radical (unpaired) electrons. The van der Waals surface area contributed by atoms with Gasteiger partial charge < -0.3 is 19.1 Å². The van der Waals surface area contributed by atoms with Crippen LogP contribution in [0.5, 0.6) is 11.5 Å². The lowest BCUT2D eigenvalue weighted by molar-refractivity contribution is 0.181. The molecule has 1 aromatic heterocycles. The Kier molecular flexibility index (Phi) is 4.48. The minimum absolute atomic E-state index is 0.492. The van der Waals surface area contributed by atoms with E-state index in [-0.39, 0.29) is 0 Å². The van der Waals surface area contributed by atoms with E-state index in [1.54, 1.807) is 14.0 Å². The molecule has 0 aliphatic carbocycles. The third-order valence-corrected chi connectivity index (χ3v) is 3.70. The van der Waals surface area contributed by atoms with Crippen LogP contribution in [0.4, 0.5) is 0 Å². The minimum atomic E-state index is -0.622. The van der Waals surface area contributed by atoms with Gasteiger partial charge in [-0.2, -0.15) is 0 Å². The van der Waals surface area contributed by atoms with Crippen molar-refractivity contribution < 1.29 is 14.6 Å². The maximum Gasteiger partial charge on any atom is 0.138 e. The molecule has 3 rings (SSSR count). The fraction of sp³-hybridized carbons (Fsp3) is 0.278. The maximum atomic E-state index is 9.94. The molecule has 0 aliphatic rings. The quantitative estimate of drug-likeness (QED) is 0.759. The van der Waals surface area contributed by atoms with Crippen molar-refractivity contribution in [1.29, 1.82) is 0 Å². The lowest BCUT2D eigenvalue weighted by Gasteiger charge is -2.12. The Bertz CT molecular complexity index is 779. The van der Waals surface area contributed by atoms with Gasteiger partial charge in [0, 0.05) is 0 Å². The van der Waals surface area contributed by atoms with Crippen LogP contribution in [0.15, 0.2) is 48.5 Å². The Hall–Kier alpha value is -2.53. The Labute approximate surface area is 135 Å². The first-order chi connectivity index (χ1) is 11.2. The summed E-state index contributed by atoms with van der Waals surface area (Å²) in [4.78, 5) is 4.50. The second kappa shape index (κ2) is 6.71. The summed E-state index contributed by atoms with van der Waals surface area (Å²) in [5.41, 5.74) is 1.88. The zero-order valence-corrected chi connectivity index (χ0v) is 13.3. The van der Waals surface area contributed by atoms with E-state index in [4.69, 9.17) is 9.47 Å². The van der Waals surface area contributed by atoms with Crippen LogP contribution in [-0.2, 0) is 6.54 Å². The third-order valence-electron chi connectivity index (χ3n) is 3.70. The molecule has 120 valence electrons. The molecular formula is C18H20N2O3. The number of para-hydroxylation sites is 2. The number of rotatable bonds is 6. The molecule has 5 heteroatoms. The largest absolute Gasteiger partial charge is 0.497 e. The lowest BCUT2D eigenvalue weighted by atomic mass is 10.3. The lowest BCUT2D eigenvalue weighted by Crippen LogP contribution is -2.12. The Balaban J connectivity index is 1.74. The maximum absolute atomic E-state index is 9.94. The number of aromatic nitrogens is 2. The Morgan fingerprint density at radius 1 is 1.09 bits per heavy atom. The Morgan fingerprint density at radius 3 is 2.48 bits per heavy atom. The van der Waals surface area contributed by atoms with Gasteiger partial charge in [0.15, 0.2) is 0 Å². The van der Waals surface area contributed by atoms with E-state index in [0.717, 1.165) is 22.5 Å². The summed E-state index contributed by atoms with van der Waals surface area (Å²) in [6.45, 7) is 2.83. The van der Waals surface area contributed by atoms with Crippen molar-refractivity contribution in [3.05, 3.63) is 54.4 Å². The minimum Gasteiger partial charge on any atom is -0.497 e. The van der Waals surface area contributed by atoms with Crippen LogP contribution in [0.25, 0.3) is 11.0 Å². The molecule has 0 spiro atoms. The van der Waals surface area contributed by atoms with Crippen LogP contribution in [0, 0.1) is 0 Å². The highest BCUT2D eigenvalue weighted by Gasteiger charge is 2.14. The molecule has 5 nitrogen and oxygen atoms in total. The first kappa shape index (κ1) is 15.4. The predicted octanol–water partition coefficient (Wildman–Crippen LogP) is 3.18. The molecule has 0 saturated heterocycles. The summed E-state index contributed by atoms with van der Waals surface area (Å²) in [5, 5.41) is 9.94. The van der Waals surface area contributed by atoms with Gasteiger partial charge >= 0.3 is 0 Å². The molecule has 0 amide bonds. The van der Waals surface area contributed by atoms with E-state index in [1.165, 1.54) is 0 Å². The van der Waals surface area contributed by atoms with Crippen molar-refractivity contribution in [2.24, 2.45) is 0 Å². The van der Waals surface area contributed by atoms with Gasteiger partial charge in [-0.25, -0.2) is 4.98 Å². The van der Waals surface area contributed by atoms with Crippen LogP contribution >= 0.6 is 0 Å². The van der Waals surface area contributed by atoms with Crippen molar-refractivity contribution in [3.8, 4) is 11.5 Å². The average molecular weight is 312 g/mol. The molecule has 1 N–H and O–H groups in total. The van der Waals surface area contributed by atoms with Crippen LogP contribution in [-0.4, -0.2) is 28.4 Å². The van der Waals surface area contributed by atoms with Crippen LogP contribution in [0.3, 0.4) is 0 Å². The number of methoxy groups -OCH3 is 1. The molecule has 0 bridgehead atoms. The topological polar surface area (TPSA) is 56.5 Å². The summed E-state index contributed by atoms with van der Waals surface area (Å²) in [5.74, 6) is 2.24. The molecule has 1 atom stereocenters. The van der Waals surface area contributed by atoms with Gasteiger partial charge in [0.05, 0.1) is 24.7 Å². The van der Waals surface area contributed by atoms with Crippen LogP contribution in [0.1, 0.15) is 18.9 Å². The van der Waals surface area contributed by atoms with E-state index in [2.05, 4.69) is 4.98 Å². The molecule has 0 unspecified atom stereocenters. The zero-order valence-electron chi connectivity index (χ0n) is 13.3. The van der Waals surface area contributed by atoms with Crippen LogP contribution < -0.4 is 9.47 Å². The van der Waals surface area contributed by atoms with E-state index in [9.17, 15) is 5.11 Å². The van der Waals surface area contributed by atoms with Crippen molar-refractivity contribution in [2.45, 2.75) is 19.6 Å². The summed E-state index contributed by atoms with van der Waals surface area (Å²) in [6.07, 6.45) is -0.622. The number of imidazole rings is 1. The summed E-state index contributed by atoms with van der Waals surface area (Å²) in [7, 11) is 1.64. The number of aliphatic hydroxyl groups is 1. The van der Waals surface area contributed by atoms with Crippen molar-refractivity contribution in [1.82, 2.24) is 9.55 Å². The SMILES string of the molecule is COc1ccc(OCCn2c([C@H](C)O)nc3ccccc32)cc1. The second-order valence-electron chi connectivity index (χ2n) is 5.31. The fourth-order valence-corrected chi connectivity index (χ4v) is 2.57. The number of hydrogen-bond acceptors (Lipinski definition) is 4. The van der Waals surface area contributed by atoms with E-state index in [0.29, 0.717) is 19.0 Å². The molecule has 3 aromatic rings. The summed E-state index contributed by atoms with van der Waals surface area (Å²) < 4.78 is 12.9. The molecule has 23 heavy (non-hydrogen) atoms. The summed E-state index contributed by atoms with van der Waals surface area (Å²) in [6, 6.07) is 15.3. The second-order valence-corrected chi connectivity index (χ2v) is 5.31. The molecule has 1 heterocycles. The van der Waals surface area contributed by atoms with Gasteiger partial charge in [-0.1, -0.05) is 12.1 Å². The van der Waals surface area contributed by atoms with Crippen LogP contribution in [0.2, 0.25) is 0 Å². The van der Waals surface area contributed by atoms with E-state index < -0.39 is 6.10 Å². The molecule has 0 aliphatic heterocycles. The molecule has 0 fully saturated rings. The third kappa shape index (κ3) is 3.29. The number of hydrogen-bond donors (Lipinski definition) is 1. The van der Waals surface area contributed by atoms with E-state index >= 15 is 0 Å². The Morgan fingerprint density at radius 2 is 1.78 bits per heavy atom. The molecule has 2 aromatic carbocycles. The molecule has 0 saturated carbocycles. The first-order valence-electron chi connectivity index (χ1n) is 7.59. The van der Waals surface area contributed by atoms with Gasteiger partial charge in [-0.3, -0.25) is 0 Å². The van der Waals surface area contributed by atoms with Crippen molar-refractivity contribution >= 4 is 11.0 Å². The number of ether oxygens (including phenoxy) is 2. The average Bonchev–Trinajstić information content (AvgIpc) is 2.95. The van der Waals surface area contributed by atoms with Gasteiger partial charge in [-0.05, 0) is 43.3 Å². The van der Waals surface area contributed by atoms with Gasteiger partial charge in [0.25, 0.3) is 0 Å². The highest BCUT2D eigenvalue weighted by Crippen LogP contribution is 2.21. The number of benzene rings is 2. The first-order valence-corrected chi connectivity index (χ1v) is 7.59. The normalized spacial score (nSPS) is 12.3. The zero-order chi connectivity index (χ0) is 16.2. The number of fused-ring (bicyclic) bond motifs is 1. The molecular weight excluding hydrogens is 292 g/mol.